The van der Waals surface area contributed by atoms with E-state index in [-0.39, 0.29) is 24.7 Å². The molecule has 0 aliphatic rings. The van der Waals surface area contributed by atoms with E-state index in [0.29, 0.717) is 0 Å². The minimum atomic E-state index is -3.56. The summed E-state index contributed by atoms with van der Waals surface area (Å²) >= 11 is 0. The van der Waals surface area contributed by atoms with Crippen molar-refractivity contribution in [1.29, 1.82) is 0 Å². The molecule has 0 unspecified atom stereocenters. The molecule has 0 rings (SSSR count). The van der Waals surface area contributed by atoms with E-state index < -0.39 is 19.8 Å². The van der Waals surface area contributed by atoms with Gasteiger partial charge in [0, 0.05) is 19.1 Å². The first-order chi connectivity index (χ1) is 4.77. The van der Waals surface area contributed by atoms with E-state index in [0.717, 1.165) is 0 Å². The largest absolute Gasteiger partial charge is 0.329 e. The van der Waals surface area contributed by atoms with Crippen LogP contribution in [0.3, 0.4) is 0 Å². The van der Waals surface area contributed by atoms with Crippen molar-refractivity contribution in [3.8, 4) is 0 Å². The van der Waals surface area contributed by atoms with Crippen LogP contribution < -0.4 is 5.73 Å². The monoisotopic (exact) mass is 236 g/mol. The van der Waals surface area contributed by atoms with Crippen molar-refractivity contribution in [1.82, 2.24) is 0 Å². The molecule has 0 radical (unpaired) electrons. The van der Waals surface area contributed by atoms with Gasteiger partial charge in [0.25, 0.3) is 10.0 Å². The van der Waals surface area contributed by atoms with E-state index in [4.69, 9.17) is 5.73 Å². The average Bonchev–Trinajstić information content (AvgIpc) is 1.55. The summed E-state index contributed by atoms with van der Waals surface area (Å²) in [6, 6.07) is 0. The maximum Gasteiger partial charge on any atom is 0.262 e. The Morgan fingerprint density at radius 3 is 1.92 bits per heavy atom. The van der Waals surface area contributed by atoms with E-state index >= 15 is 0 Å². The van der Waals surface area contributed by atoms with Gasteiger partial charge in [-0.1, -0.05) is 0 Å². The summed E-state index contributed by atoms with van der Waals surface area (Å²) in [5.74, 6) is -0.244. The fourth-order valence-corrected chi connectivity index (χ4v) is 3.24. The normalized spacial score (nSPS) is 11.9. The fraction of sp³-hybridized carbons (Fsp3) is 1.00. The summed E-state index contributed by atoms with van der Waals surface area (Å²) in [6.45, 7) is 0.00134. The number of sulfonamides is 1. The van der Waals surface area contributed by atoms with Crippen molar-refractivity contribution in [2.24, 2.45) is 9.50 Å². The summed E-state index contributed by atoms with van der Waals surface area (Å²) in [5.41, 5.74) is 5.00. The van der Waals surface area contributed by atoms with Gasteiger partial charge in [-0.05, 0) is 0 Å². The molecule has 0 aromatic carbocycles. The Labute approximate surface area is 79.4 Å². The second-order valence-electron chi connectivity index (χ2n) is 2.33. The lowest BCUT2D eigenvalue weighted by Crippen LogP contribution is -2.14. The van der Waals surface area contributed by atoms with Crippen LogP contribution in [0, 0.1) is 0 Å². The minimum absolute atomic E-state index is 0. The van der Waals surface area contributed by atoms with Gasteiger partial charge in [-0.3, -0.25) is 0 Å². The Kier molecular flexibility index (Phi) is 6.11. The van der Waals surface area contributed by atoms with Crippen LogP contribution in [0.5, 0.6) is 0 Å². The lowest BCUT2D eigenvalue weighted by atomic mass is 10.8. The van der Waals surface area contributed by atoms with Crippen molar-refractivity contribution < 1.29 is 12.6 Å². The van der Waals surface area contributed by atoms with Gasteiger partial charge in [0.05, 0.1) is 15.5 Å². The maximum atomic E-state index is 10.9. The second kappa shape index (κ2) is 5.00. The SMILES string of the molecule is CS(C)(=O)=NS(=O)(=O)CCN.Cl. The zero-order valence-corrected chi connectivity index (χ0v) is 9.34. The quantitative estimate of drug-likeness (QED) is 0.710. The van der Waals surface area contributed by atoms with E-state index in [9.17, 15) is 12.6 Å². The highest BCUT2D eigenvalue weighted by molar-refractivity contribution is 8.02. The molecule has 5 nitrogen and oxygen atoms in total. The van der Waals surface area contributed by atoms with Crippen LogP contribution >= 0.6 is 12.4 Å². The van der Waals surface area contributed by atoms with Gasteiger partial charge in [0.15, 0.2) is 0 Å². The maximum absolute atomic E-state index is 10.9. The van der Waals surface area contributed by atoms with Crippen LogP contribution in [0.2, 0.25) is 0 Å². The number of hydrogen-bond acceptors (Lipinski definition) is 4. The van der Waals surface area contributed by atoms with Crippen LogP contribution in [0.1, 0.15) is 0 Å². The molecule has 0 saturated carbocycles. The average molecular weight is 237 g/mol. The standard InChI is InChI=1S/C4H12N2O3S2.ClH/c1-10(2,7)6-11(8,9)4-3-5;/h3-5H2,1-2H3;1H. The van der Waals surface area contributed by atoms with Crippen LogP contribution in [0.25, 0.3) is 0 Å². The van der Waals surface area contributed by atoms with Crippen LogP contribution in [0.4, 0.5) is 0 Å². The predicted molar refractivity (Wildman–Crippen MR) is 52.5 cm³/mol. The van der Waals surface area contributed by atoms with Crippen molar-refractivity contribution in [3.63, 3.8) is 0 Å². The molecular weight excluding hydrogens is 224 g/mol. The first-order valence-electron chi connectivity index (χ1n) is 2.88. The van der Waals surface area contributed by atoms with E-state index in [1.54, 1.807) is 0 Å². The molecular formula is C4H13ClN2O3S2. The highest BCUT2D eigenvalue weighted by Crippen LogP contribution is 1.95. The Morgan fingerprint density at radius 2 is 1.67 bits per heavy atom. The summed E-state index contributed by atoms with van der Waals surface area (Å²) in [5, 5.41) is 0. The van der Waals surface area contributed by atoms with Crippen molar-refractivity contribution >= 4 is 32.2 Å². The number of nitrogens with two attached hydrogens (primary N) is 1. The molecule has 0 aromatic heterocycles. The first-order valence-corrected chi connectivity index (χ1v) is 6.82. The molecule has 0 saturated heterocycles. The molecule has 76 valence electrons. The summed E-state index contributed by atoms with van der Waals surface area (Å²) in [7, 11) is -6.14. The Bertz CT molecular complexity index is 320. The highest BCUT2D eigenvalue weighted by atomic mass is 35.5. The summed E-state index contributed by atoms with van der Waals surface area (Å²) < 4.78 is 35.7. The van der Waals surface area contributed by atoms with Gasteiger partial charge in [-0.25, -0.2) is 12.6 Å². The van der Waals surface area contributed by atoms with Crippen LogP contribution in [0.15, 0.2) is 3.77 Å². The molecule has 0 aromatic rings. The molecule has 0 aliphatic carbocycles. The molecule has 8 heteroatoms. The smallest absolute Gasteiger partial charge is 0.262 e. The first kappa shape index (κ1) is 14.7. The summed E-state index contributed by atoms with van der Waals surface area (Å²) in [6.07, 6.45) is 2.53. The van der Waals surface area contributed by atoms with E-state index in [1.165, 1.54) is 12.5 Å². The van der Waals surface area contributed by atoms with Crippen LogP contribution in [-0.2, 0) is 19.8 Å². The molecule has 0 atom stereocenters. The van der Waals surface area contributed by atoms with E-state index in [2.05, 4.69) is 3.77 Å². The number of halogens is 1. The molecule has 12 heavy (non-hydrogen) atoms. The topological polar surface area (TPSA) is 89.6 Å². The Morgan fingerprint density at radius 1 is 1.25 bits per heavy atom. The number of rotatable bonds is 3. The van der Waals surface area contributed by atoms with Gasteiger partial charge in [-0.2, -0.15) is 0 Å². The molecule has 2 N–H and O–H groups in total. The highest BCUT2D eigenvalue weighted by Gasteiger charge is 2.07. The molecule has 0 bridgehead atoms. The molecule has 0 aliphatic heterocycles. The summed E-state index contributed by atoms with van der Waals surface area (Å²) in [4.78, 5) is 0. The van der Waals surface area contributed by atoms with Crippen molar-refractivity contribution in [2.75, 3.05) is 24.8 Å². The molecule has 0 spiro atoms. The zero-order valence-electron chi connectivity index (χ0n) is 6.89. The zero-order chi connectivity index (χ0) is 9.12. The van der Waals surface area contributed by atoms with Gasteiger partial charge in [0.1, 0.15) is 0 Å². The molecule has 0 heterocycles. The van der Waals surface area contributed by atoms with Gasteiger partial charge in [-0.15, -0.1) is 16.2 Å². The Balaban J connectivity index is 0. The van der Waals surface area contributed by atoms with Gasteiger partial charge >= 0.3 is 0 Å². The molecule has 0 fully saturated rings. The third-order valence-electron chi connectivity index (χ3n) is 0.669. The van der Waals surface area contributed by atoms with Crippen molar-refractivity contribution in [2.45, 2.75) is 0 Å². The minimum Gasteiger partial charge on any atom is -0.329 e. The molecule has 0 amide bonds. The van der Waals surface area contributed by atoms with Gasteiger partial charge in [0.2, 0.25) is 0 Å². The third-order valence-corrected chi connectivity index (χ3v) is 3.76. The number of nitrogens with zero attached hydrogens (tertiary/aromatic N) is 1. The lowest BCUT2D eigenvalue weighted by molar-refractivity contribution is 0.598. The Hall–Kier alpha value is 0.150. The second-order valence-corrected chi connectivity index (χ2v) is 6.86. The van der Waals surface area contributed by atoms with Crippen LogP contribution in [-0.4, -0.2) is 37.4 Å². The lowest BCUT2D eigenvalue weighted by Gasteiger charge is -1.95. The predicted octanol–water partition coefficient (Wildman–Crippen LogP) is -0.576. The van der Waals surface area contributed by atoms with E-state index in [1.807, 2.05) is 0 Å². The fourth-order valence-electron chi connectivity index (χ4n) is 0.460. The van der Waals surface area contributed by atoms with Crippen molar-refractivity contribution in [3.05, 3.63) is 0 Å². The van der Waals surface area contributed by atoms with Gasteiger partial charge < -0.3 is 5.73 Å². The third kappa shape index (κ3) is 8.25. The number of hydrogen-bond donors (Lipinski definition) is 1.